The van der Waals surface area contributed by atoms with Crippen LogP contribution >= 0.6 is 23.4 Å². The van der Waals surface area contributed by atoms with Gasteiger partial charge in [-0.25, -0.2) is 14.4 Å². The fraction of sp³-hybridized carbons (Fsp3) is 0.0476. The van der Waals surface area contributed by atoms with Crippen molar-refractivity contribution in [3.8, 4) is 0 Å². The van der Waals surface area contributed by atoms with Crippen LogP contribution in [0.2, 0.25) is 5.15 Å². The van der Waals surface area contributed by atoms with E-state index in [2.05, 4.69) is 4.98 Å². The Bertz CT molecular complexity index is 935. The minimum absolute atomic E-state index is 0.248. The third-order valence-corrected chi connectivity index (χ3v) is 4.68. The summed E-state index contributed by atoms with van der Waals surface area (Å²) in [4.78, 5) is 9.78. The van der Waals surface area contributed by atoms with E-state index in [1.807, 2.05) is 54.8 Å². The zero-order chi connectivity index (χ0) is 18.4. The molecular formula is C21H16ClFN2S. The molecule has 0 aliphatic heterocycles. The Morgan fingerprint density at radius 2 is 1.81 bits per heavy atom. The van der Waals surface area contributed by atoms with E-state index in [-0.39, 0.29) is 5.82 Å². The maximum Gasteiger partial charge on any atom is 0.138 e. The van der Waals surface area contributed by atoms with Gasteiger partial charge in [0.15, 0.2) is 0 Å². The highest BCUT2D eigenvalue weighted by Crippen LogP contribution is 2.22. The second-order valence-electron chi connectivity index (χ2n) is 5.55. The van der Waals surface area contributed by atoms with Crippen LogP contribution in [-0.4, -0.2) is 10.7 Å². The summed E-state index contributed by atoms with van der Waals surface area (Å²) >= 11 is 7.73. The number of rotatable bonds is 5. The molecule has 0 aliphatic rings. The predicted molar refractivity (Wildman–Crippen MR) is 108 cm³/mol. The minimum atomic E-state index is -0.248. The van der Waals surface area contributed by atoms with Crippen LogP contribution in [-0.2, 0) is 0 Å². The number of hydrogen-bond acceptors (Lipinski definition) is 3. The number of nitrogens with zero attached hydrogens (tertiary/aromatic N) is 2. The summed E-state index contributed by atoms with van der Waals surface area (Å²) in [6.45, 7) is 2.03. The molecule has 1 heterocycles. The molecule has 0 bridgehead atoms. The SMILES string of the molecule is Cc1ccc(N=C(/C=C/Sc2ccc(F)cc2)c2cccnc2Cl)cc1. The number of aromatic nitrogens is 1. The Hall–Kier alpha value is -2.43. The number of allylic oxidation sites excluding steroid dienone is 1. The average molecular weight is 383 g/mol. The third-order valence-electron chi connectivity index (χ3n) is 3.56. The highest BCUT2D eigenvalue weighted by atomic mass is 35.5. The lowest BCUT2D eigenvalue weighted by Gasteiger charge is -2.05. The minimum Gasteiger partial charge on any atom is -0.248 e. The Balaban J connectivity index is 1.90. The first kappa shape index (κ1) is 18.4. The molecule has 3 rings (SSSR count). The number of aliphatic imine (C=N–C) groups is 1. The van der Waals surface area contributed by atoms with E-state index in [4.69, 9.17) is 16.6 Å². The molecule has 0 spiro atoms. The molecule has 0 saturated carbocycles. The van der Waals surface area contributed by atoms with Crippen molar-refractivity contribution < 1.29 is 4.39 Å². The van der Waals surface area contributed by atoms with Gasteiger partial charge in [-0.2, -0.15) is 0 Å². The van der Waals surface area contributed by atoms with Crippen molar-refractivity contribution in [1.29, 1.82) is 0 Å². The van der Waals surface area contributed by atoms with Crippen LogP contribution in [0.5, 0.6) is 0 Å². The van der Waals surface area contributed by atoms with Gasteiger partial charge in [0, 0.05) is 16.7 Å². The normalized spacial score (nSPS) is 11.9. The third kappa shape index (κ3) is 5.04. The van der Waals surface area contributed by atoms with Crippen molar-refractivity contribution in [3.05, 3.63) is 100 Å². The summed E-state index contributed by atoms with van der Waals surface area (Å²) in [5, 5.41) is 2.30. The topological polar surface area (TPSA) is 25.2 Å². The first-order valence-corrected chi connectivity index (χ1v) is 9.22. The summed E-state index contributed by atoms with van der Waals surface area (Å²) in [5.74, 6) is -0.248. The second-order valence-corrected chi connectivity index (χ2v) is 6.89. The van der Waals surface area contributed by atoms with Gasteiger partial charge < -0.3 is 0 Å². The molecule has 0 aliphatic carbocycles. The molecule has 3 aromatic rings. The number of hydrogen-bond donors (Lipinski definition) is 0. The van der Waals surface area contributed by atoms with E-state index in [1.165, 1.54) is 29.5 Å². The second kappa shape index (κ2) is 8.79. The standard InChI is InChI=1S/C21H16ClFN2S/c1-15-4-8-17(9-5-15)25-20(19-3-2-13-24-21(19)22)12-14-26-18-10-6-16(23)7-11-18/h2-14H,1H3/b14-12+,25-20?. The molecule has 0 atom stereocenters. The molecule has 130 valence electrons. The van der Waals surface area contributed by atoms with Crippen LogP contribution in [0.1, 0.15) is 11.1 Å². The van der Waals surface area contributed by atoms with E-state index in [0.29, 0.717) is 10.9 Å². The number of benzene rings is 2. The highest BCUT2D eigenvalue weighted by molar-refractivity contribution is 8.02. The van der Waals surface area contributed by atoms with Gasteiger partial charge in [0.25, 0.3) is 0 Å². The van der Waals surface area contributed by atoms with Gasteiger partial charge in [0.2, 0.25) is 0 Å². The van der Waals surface area contributed by atoms with Gasteiger partial charge in [-0.05, 0) is 66.9 Å². The summed E-state index contributed by atoms with van der Waals surface area (Å²) < 4.78 is 13.0. The van der Waals surface area contributed by atoms with Crippen LogP contribution in [0.25, 0.3) is 0 Å². The van der Waals surface area contributed by atoms with Gasteiger partial charge in [0.1, 0.15) is 11.0 Å². The molecule has 0 amide bonds. The van der Waals surface area contributed by atoms with Gasteiger partial charge in [0.05, 0.1) is 11.4 Å². The van der Waals surface area contributed by atoms with Crippen LogP contribution in [0.3, 0.4) is 0 Å². The molecule has 2 aromatic carbocycles. The molecule has 0 saturated heterocycles. The van der Waals surface area contributed by atoms with Crippen LogP contribution < -0.4 is 0 Å². The van der Waals surface area contributed by atoms with Crippen molar-refractivity contribution in [2.45, 2.75) is 11.8 Å². The maximum atomic E-state index is 13.0. The Labute approximate surface area is 161 Å². The molecule has 26 heavy (non-hydrogen) atoms. The molecule has 0 N–H and O–H groups in total. The van der Waals surface area contributed by atoms with Crippen molar-refractivity contribution in [2.24, 2.45) is 4.99 Å². The lowest BCUT2D eigenvalue weighted by molar-refractivity contribution is 0.626. The highest BCUT2D eigenvalue weighted by Gasteiger charge is 2.06. The summed E-state index contributed by atoms with van der Waals surface area (Å²) in [5.41, 5.74) is 3.47. The van der Waals surface area contributed by atoms with Crippen LogP contribution in [0, 0.1) is 12.7 Å². The van der Waals surface area contributed by atoms with E-state index in [1.54, 1.807) is 18.3 Å². The summed E-state index contributed by atoms with van der Waals surface area (Å²) in [7, 11) is 0. The number of thioether (sulfide) groups is 1. The van der Waals surface area contributed by atoms with E-state index < -0.39 is 0 Å². The fourth-order valence-electron chi connectivity index (χ4n) is 2.21. The predicted octanol–water partition coefficient (Wildman–Crippen LogP) is 6.61. The van der Waals surface area contributed by atoms with Gasteiger partial charge >= 0.3 is 0 Å². The number of halogens is 2. The van der Waals surface area contributed by atoms with Crippen molar-refractivity contribution in [3.63, 3.8) is 0 Å². The Morgan fingerprint density at radius 3 is 2.50 bits per heavy atom. The zero-order valence-corrected chi connectivity index (χ0v) is 15.6. The molecule has 1 aromatic heterocycles. The van der Waals surface area contributed by atoms with Crippen LogP contribution in [0.4, 0.5) is 10.1 Å². The molecular weight excluding hydrogens is 367 g/mol. The van der Waals surface area contributed by atoms with E-state index in [9.17, 15) is 4.39 Å². The molecule has 0 fully saturated rings. The lowest BCUT2D eigenvalue weighted by atomic mass is 10.1. The zero-order valence-electron chi connectivity index (χ0n) is 14.1. The quantitative estimate of drug-likeness (QED) is 0.282. The van der Waals surface area contributed by atoms with Crippen molar-refractivity contribution >= 4 is 34.8 Å². The van der Waals surface area contributed by atoms with Crippen molar-refractivity contribution in [2.75, 3.05) is 0 Å². The molecule has 2 nitrogen and oxygen atoms in total. The van der Waals surface area contributed by atoms with Gasteiger partial charge in [-0.1, -0.05) is 41.1 Å². The summed E-state index contributed by atoms with van der Waals surface area (Å²) in [6.07, 6.45) is 3.53. The first-order valence-electron chi connectivity index (χ1n) is 7.97. The fourth-order valence-corrected chi connectivity index (χ4v) is 3.08. The number of aryl methyl sites for hydroxylation is 1. The Morgan fingerprint density at radius 1 is 1.08 bits per heavy atom. The maximum absolute atomic E-state index is 13.0. The lowest BCUT2D eigenvalue weighted by Crippen LogP contribution is -1.98. The van der Waals surface area contributed by atoms with Crippen molar-refractivity contribution in [1.82, 2.24) is 4.98 Å². The number of pyridine rings is 1. The molecule has 0 unspecified atom stereocenters. The Kier molecular flexibility index (Phi) is 6.21. The first-order chi connectivity index (χ1) is 12.6. The largest absolute Gasteiger partial charge is 0.248 e. The van der Waals surface area contributed by atoms with Gasteiger partial charge in [-0.15, -0.1) is 0 Å². The monoisotopic (exact) mass is 382 g/mol. The van der Waals surface area contributed by atoms with Crippen LogP contribution in [0.15, 0.2) is 88.2 Å². The van der Waals surface area contributed by atoms with E-state index in [0.717, 1.165) is 16.1 Å². The van der Waals surface area contributed by atoms with E-state index >= 15 is 0 Å². The summed E-state index contributed by atoms with van der Waals surface area (Å²) in [6, 6.07) is 18.0. The average Bonchev–Trinajstić information content (AvgIpc) is 2.65. The molecule has 0 radical (unpaired) electrons. The van der Waals surface area contributed by atoms with Gasteiger partial charge in [-0.3, -0.25) is 0 Å². The smallest absolute Gasteiger partial charge is 0.138 e. The molecule has 5 heteroatoms.